The molecule has 3 aromatic rings. The Bertz CT molecular complexity index is 976. The van der Waals surface area contributed by atoms with Gasteiger partial charge in [0.2, 0.25) is 5.82 Å². The van der Waals surface area contributed by atoms with Crippen LogP contribution in [-0.4, -0.2) is 32.6 Å². The molecule has 4 rings (SSSR count). The van der Waals surface area contributed by atoms with Gasteiger partial charge in [-0.15, -0.1) is 5.10 Å². The molecule has 7 heteroatoms. The molecule has 0 radical (unpaired) electrons. The van der Waals surface area contributed by atoms with E-state index >= 15 is 0 Å². The maximum Gasteiger partial charge on any atom is 0.293 e. The normalized spacial score (nSPS) is 18.5. The van der Waals surface area contributed by atoms with Crippen LogP contribution in [-0.2, 0) is 6.54 Å². The van der Waals surface area contributed by atoms with Gasteiger partial charge in [-0.05, 0) is 55.7 Å². The summed E-state index contributed by atoms with van der Waals surface area (Å²) in [5.74, 6) is 2.95. The SMILES string of the molecule is Cc1nc(C(=O)N(C)Cc2ccc([C@H]3C[C@H]3C)o2)nn1-c1ccc(F)cc1. The largest absolute Gasteiger partial charge is 0.464 e. The molecule has 1 saturated carbocycles. The number of halogens is 1. The molecule has 140 valence electrons. The van der Waals surface area contributed by atoms with Crippen molar-refractivity contribution in [3.63, 3.8) is 0 Å². The molecule has 0 aliphatic heterocycles. The summed E-state index contributed by atoms with van der Waals surface area (Å²) in [6, 6.07) is 9.79. The Labute approximate surface area is 156 Å². The topological polar surface area (TPSA) is 64.2 Å². The third-order valence-corrected chi connectivity index (χ3v) is 4.93. The lowest BCUT2D eigenvalue weighted by atomic mass is 10.3. The zero-order valence-electron chi connectivity index (χ0n) is 15.5. The van der Waals surface area contributed by atoms with Crippen LogP contribution in [0.1, 0.15) is 47.2 Å². The van der Waals surface area contributed by atoms with Crippen molar-refractivity contribution in [2.75, 3.05) is 7.05 Å². The van der Waals surface area contributed by atoms with Crippen molar-refractivity contribution in [1.82, 2.24) is 19.7 Å². The number of furan rings is 1. The third kappa shape index (κ3) is 3.49. The summed E-state index contributed by atoms with van der Waals surface area (Å²) >= 11 is 0. The standard InChI is InChI=1S/C20H21FN4O2/c1-12-10-17(12)18-9-8-16(27-18)11-24(3)20(26)19-22-13(2)25(23-19)15-6-4-14(21)5-7-15/h4-9,12,17H,10-11H2,1-3H3/t12-,17+/m1/s1. The summed E-state index contributed by atoms with van der Waals surface area (Å²) in [4.78, 5) is 18.5. The maximum atomic E-state index is 13.1. The number of carbonyl (C=O) groups excluding carboxylic acids is 1. The first kappa shape index (κ1) is 17.5. The molecule has 27 heavy (non-hydrogen) atoms. The minimum atomic E-state index is -0.328. The van der Waals surface area contributed by atoms with E-state index in [9.17, 15) is 9.18 Å². The fraction of sp³-hybridized carbons (Fsp3) is 0.350. The van der Waals surface area contributed by atoms with E-state index in [1.807, 2.05) is 12.1 Å². The van der Waals surface area contributed by atoms with Crippen molar-refractivity contribution in [1.29, 1.82) is 0 Å². The number of benzene rings is 1. The minimum Gasteiger partial charge on any atom is -0.464 e. The van der Waals surface area contributed by atoms with Crippen molar-refractivity contribution in [3.05, 3.63) is 65.4 Å². The number of hydrogen-bond donors (Lipinski definition) is 0. The van der Waals surface area contributed by atoms with Crippen molar-refractivity contribution in [2.24, 2.45) is 5.92 Å². The van der Waals surface area contributed by atoms with E-state index < -0.39 is 0 Å². The smallest absolute Gasteiger partial charge is 0.293 e. The molecule has 1 amide bonds. The van der Waals surface area contributed by atoms with Crippen molar-refractivity contribution in [2.45, 2.75) is 32.7 Å². The number of aromatic nitrogens is 3. The second-order valence-corrected chi connectivity index (χ2v) is 7.16. The molecular weight excluding hydrogens is 347 g/mol. The summed E-state index contributed by atoms with van der Waals surface area (Å²) < 4.78 is 20.5. The number of nitrogens with zero attached hydrogens (tertiary/aromatic N) is 4. The lowest BCUT2D eigenvalue weighted by Crippen LogP contribution is -2.27. The lowest BCUT2D eigenvalue weighted by molar-refractivity contribution is 0.0762. The van der Waals surface area contributed by atoms with Crippen LogP contribution in [0.25, 0.3) is 5.69 Å². The number of rotatable bonds is 5. The highest BCUT2D eigenvalue weighted by molar-refractivity contribution is 5.90. The van der Waals surface area contributed by atoms with Gasteiger partial charge in [-0.2, -0.15) is 0 Å². The first-order valence-corrected chi connectivity index (χ1v) is 8.96. The number of hydrogen-bond acceptors (Lipinski definition) is 4. The van der Waals surface area contributed by atoms with Gasteiger partial charge in [-0.1, -0.05) is 6.92 Å². The Morgan fingerprint density at radius 2 is 2.00 bits per heavy atom. The van der Waals surface area contributed by atoms with Crippen molar-refractivity contribution in [3.8, 4) is 5.69 Å². The Hall–Kier alpha value is -2.96. The van der Waals surface area contributed by atoms with Crippen LogP contribution >= 0.6 is 0 Å². The van der Waals surface area contributed by atoms with Gasteiger partial charge < -0.3 is 9.32 Å². The fourth-order valence-corrected chi connectivity index (χ4v) is 3.18. The van der Waals surface area contributed by atoms with Crippen LogP contribution in [0.2, 0.25) is 0 Å². The van der Waals surface area contributed by atoms with E-state index in [-0.39, 0.29) is 17.5 Å². The van der Waals surface area contributed by atoms with Gasteiger partial charge in [-0.3, -0.25) is 4.79 Å². The van der Waals surface area contributed by atoms with Crippen molar-refractivity contribution >= 4 is 5.91 Å². The highest BCUT2D eigenvalue weighted by atomic mass is 19.1. The van der Waals surface area contributed by atoms with Gasteiger partial charge in [0.1, 0.15) is 23.2 Å². The highest BCUT2D eigenvalue weighted by Gasteiger charge is 2.36. The molecular formula is C20H21FN4O2. The highest BCUT2D eigenvalue weighted by Crippen LogP contribution is 2.47. The predicted octanol–water partition coefficient (Wildman–Crippen LogP) is 3.70. The predicted molar refractivity (Wildman–Crippen MR) is 97.1 cm³/mol. The average molecular weight is 368 g/mol. The molecule has 0 spiro atoms. The van der Waals surface area contributed by atoms with E-state index in [0.717, 1.165) is 17.9 Å². The molecule has 1 fully saturated rings. The van der Waals surface area contributed by atoms with E-state index in [1.54, 1.807) is 26.1 Å². The molecule has 6 nitrogen and oxygen atoms in total. The molecule has 0 saturated heterocycles. The summed E-state index contributed by atoms with van der Waals surface area (Å²) in [5.41, 5.74) is 0.650. The molecule has 1 aromatic carbocycles. The number of aryl methyl sites for hydroxylation is 1. The second kappa shape index (κ2) is 6.64. The Balaban J connectivity index is 1.48. The minimum absolute atomic E-state index is 0.0990. The number of carbonyl (C=O) groups is 1. The van der Waals surface area contributed by atoms with Crippen LogP contribution in [0.15, 0.2) is 40.8 Å². The van der Waals surface area contributed by atoms with Gasteiger partial charge in [0.05, 0.1) is 12.2 Å². The summed E-state index contributed by atoms with van der Waals surface area (Å²) in [6.45, 7) is 4.31. The Morgan fingerprint density at radius 3 is 2.67 bits per heavy atom. The van der Waals surface area contributed by atoms with Crippen LogP contribution < -0.4 is 0 Å². The van der Waals surface area contributed by atoms with Gasteiger partial charge in [0.25, 0.3) is 5.91 Å². The molecule has 1 aliphatic carbocycles. The first-order valence-electron chi connectivity index (χ1n) is 8.96. The zero-order valence-corrected chi connectivity index (χ0v) is 15.5. The Kier molecular flexibility index (Phi) is 4.30. The van der Waals surface area contributed by atoms with E-state index in [2.05, 4.69) is 17.0 Å². The fourth-order valence-electron chi connectivity index (χ4n) is 3.18. The van der Waals surface area contributed by atoms with Gasteiger partial charge >= 0.3 is 0 Å². The molecule has 2 atom stereocenters. The lowest BCUT2D eigenvalue weighted by Gasteiger charge is -2.13. The van der Waals surface area contributed by atoms with Crippen LogP contribution in [0.4, 0.5) is 4.39 Å². The molecule has 2 heterocycles. The van der Waals surface area contributed by atoms with E-state index in [4.69, 9.17) is 4.42 Å². The summed E-state index contributed by atoms with van der Waals surface area (Å²) in [5, 5.41) is 4.29. The average Bonchev–Trinajstić information content (AvgIpc) is 3.04. The molecule has 2 aromatic heterocycles. The quantitative estimate of drug-likeness (QED) is 0.689. The van der Waals surface area contributed by atoms with Gasteiger partial charge in [0.15, 0.2) is 0 Å². The zero-order chi connectivity index (χ0) is 19.1. The monoisotopic (exact) mass is 368 g/mol. The van der Waals surface area contributed by atoms with Gasteiger partial charge in [0, 0.05) is 13.0 Å². The van der Waals surface area contributed by atoms with E-state index in [1.165, 1.54) is 21.7 Å². The van der Waals surface area contributed by atoms with Crippen LogP contribution in [0.3, 0.4) is 0 Å². The summed E-state index contributed by atoms with van der Waals surface area (Å²) in [6.07, 6.45) is 1.16. The van der Waals surface area contributed by atoms with E-state index in [0.29, 0.717) is 29.9 Å². The third-order valence-electron chi connectivity index (χ3n) is 4.93. The van der Waals surface area contributed by atoms with Gasteiger partial charge in [-0.25, -0.2) is 14.1 Å². The first-order chi connectivity index (χ1) is 12.9. The molecule has 0 bridgehead atoms. The Morgan fingerprint density at radius 1 is 1.30 bits per heavy atom. The molecule has 0 N–H and O–H groups in total. The summed E-state index contributed by atoms with van der Waals surface area (Å²) in [7, 11) is 1.69. The maximum absolute atomic E-state index is 13.1. The van der Waals surface area contributed by atoms with Crippen LogP contribution in [0, 0.1) is 18.7 Å². The van der Waals surface area contributed by atoms with Crippen LogP contribution in [0.5, 0.6) is 0 Å². The molecule has 1 aliphatic rings. The second-order valence-electron chi connectivity index (χ2n) is 7.16. The molecule has 0 unspecified atom stereocenters. The van der Waals surface area contributed by atoms with Crippen molar-refractivity contribution < 1.29 is 13.6 Å². The number of amides is 1.